The lowest BCUT2D eigenvalue weighted by Gasteiger charge is -2.34. The lowest BCUT2D eigenvalue weighted by atomic mass is 10.4. The van der Waals surface area contributed by atoms with E-state index in [0.29, 0.717) is 0 Å². The topological polar surface area (TPSA) is 88.4 Å². The van der Waals surface area contributed by atoms with E-state index in [1.165, 1.54) is 0 Å². The first-order valence-corrected chi connectivity index (χ1v) is 5.45. The van der Waals surface area contributed by atoms with E-state index in [-0.39, 0.29) is 39.6 Å². The first kappa shape index (κ1) is 16.1. The number of ether oxygens (including phenoxy) is 3. The van der Waals surface area contributed by atoms with Crippen molar-refractivity contribution in [2.45, 2.75) is 18.3 Å². The lowest BCUT2D eigenvalue weighted by molar-refractivity contribution is -0.382. The summed E-state index contributed by atoms with van der Waals surface area (Å²) in [5, 5.41) is 25.4. The summed E-state index contributed by atoms with van der Waals surface area (Å²) in [4.78, 5) is 0. The number of aliphatic hydroxyl groups is 3. The van der Waals surface area contributed by atoms with Gasteiger partial charge in [-0.25, -0.2) is 0 Å². The zero-order valence-electron chi connectivity index (χ0n) is 9.26. The van der Waals surface area contributed by atoms with Gasteiger partial charge >= 0.3 is 0 Å². The summed E-state index contributed by atoms with van der Waals surface area (Å²) in [5.74, 6) is -1.56. The Bertz CT molecular complexity index is 144. The summed E-state index contributed by atoms with van der Waals surface area (Å²) in [7, 11) is 0. The van der Waals surface area contributed by atoms with Crippen molar-refractivity contribution in [3.63, 3.8) is 0 Å². The third-order valence-corrected chi connectivity index (χ3v) is 1.94. The zero-order chi connectivity index (χ0) is 12.4. The third-order valence-electron chi connectivity index (χ3n) is 1.67. The molecule has 0 aliphatic heterocycles. The second-order valence-electron chi connectivity index (χ2n) is 2.94. The van der Waals surface area contributed by atoms with Gasteiger partial charge in [0.15, 0.2) is 0 Å². The summed E-state index contributed by atoms with van der Waals surface area (Å²) in [6.45, 7) is 0.895. The largest absolute Gasteiger partial charge is 0.394 e. The predicted molar refractivity (Wildman–Crippen MR) is 57.2 cm³/mol. The zero-order valence-corrected chi connectivity index (χ0v) is 10.0. The van der Waals surface area contributed by atoms with Gasteiger partial charge in [0.1, 0.15) is 5.38 Å². The van der Waals surface area contributed by atoms with Crippen LogP contribution in [0.15, 0.2) is 0 Å². The summed E-state index contributed by atoms with van der Waals surface area (Å²) in [6, 6.07) is 0. The lowest BCUT2D eigenvalue weighted by Crippen LogP contribution is -2.48. The van der Waals surface area contributed by atoms with Gasteiger partial charge in [-0.1, -0.05) is 0 Å². The van der Waals surface area contributed by atoms with E-state index in [9.17, 15) is 0 Å². The van der Waals surface area contributed by atoms with E-state index in [1.54, 1.807) is 6.92 Å². The van der Waals surface area contributed by atoms with Crippen molar-refractivity contribution in [3.05, 3.63) is 0 Å². The maximum Gasteiger partial charge on any atom is 0.300 e. The molecule has 0 aromatic rings. The molecule has 0 aromatic carbocycles. The van der Waals surface area contributed by atoms with Gasteiger partial charge in [0, 0.05) is 0 Å². The first-order chi connectivity index (χ1) is 7.63. The second-order valence-corrected chi connectivity index (χ2v) is 3.59. The second kappa shape index (κ2) is 9.12. The number of rotatable bonds is 10. The average Bonchev–Trinajstić information content (AvgIpc) is 2.28. The van der Waals surface area contributed by atoms with Crippen molar-refractivity contribution in [1.29, 1.82) is 0 Å². The molecule has 7 heteroatoms. The quantitative estimate of drug-likeness (QED) is 0.355. The standard InChI is InChI=1S/C9H19ClO6/c1-8(10)9(14-5-2-11,15-6-3-12)16-7-4-13/h8,11-13H,2-7H2,1H3. The molecule has 0 heterocycles. The molecule has 0 rings (SSSR count). The molecule has 3 N–H and O–H groups in total. The summed E-state index contributed by atoms with van der Waals surface area (Å²) < 4.78 is 15.6. The molecule has 0 aliphatic carbocycles. The fourth-order valence-corrected chi connectivity index (χ4v) is 1.22. The van der Waals surface area contributed by atoms with Crippen molar-refractivity contribution in [3.8, 4) is 0 Å². The van der Waals surface area contributed by atoms with Crippen LogP contribution < -0.4 is 0 Å². The van der Waals surface area contributed by atoms with Crippen LogP contribution in [0.5, 0.6) is 0 Å². The molecule has 0 amide bonds. The fraction of sp³-hybridized carbons (Fsp3) is 1.00. The molecule has 1 unspecified atom stereocenters. The highest BCUT2D eigenvalue weighted by Gasteiger charge is 2.39. The minimum absolute atomic E-state index is 0.0199. The molecule has 16 heavy (non-hydrogen) atoms. The minimum Gasteiger partial charge on any atom is -0.394 e. The SMILES string of the molecule is CC(Cl)C(OCCO)(OCCO)OCCO. The van der Waals surface area contributed by atoms with Crippen LogP contribution in [0.25, 0.3) is 0 Å². The van der Waals surface area contributed by atoms with Crippen LogP contribution >= 0.6 is 11.6 Å². The molecule has 1 atom stereocenters. The van der Waals surface area contributed by atoms with Gasteiger partial charge in [-0.3, -0.25) is 0 Å². The van der Waals surface area contributed by atoms with Gasteiger partial charge in [0.05, 0.1) is 39.6 Å². The van der Waals surface area contributed by atoms with Crippen molar-refractivity contribution < 1.29 is 29.5 Å². The molecular formula is C9H19ClO6. The van der Waals surface area contributed by atoms with E-state index < -0.39 is 11.4 Å². The summed E-state index contributed by atoms with van der Waals surface area (Å²) >= 11 is 5.89. The summed E-state index contributed by atoms with van der Waals surface area (Å²) in [6.07, 6.45) is 0. The van der Waals surface area contributed by atoms with Crippen molar-refractivity contribution in [2.75, 3.05) is 39.6 Å². The van der Waals surface area contributed by atoms with E-state index in [0.717, 1.165) is 0 Å². The number of hydrogen-bond donors (Lipinski definition) is 3. The van der Waals surface area contributed by atoms with Crippen LogP contribution in [-0.4, -0.2) is 66.3 Å². The molecule has 98 valence electrons. The Morgan fingerprint density at radius 3 is 1.44 bits per heavy atom. The van der Waals surface area contributed by atoms with Crippen LogP contribution in [0.2, 0.25) is 0 Å². The van der Waals surface area contributed by atoms with Crippen molar-refractivity contribution in [1.82, 2.24) is 0 Å². The van der Waals surface area contributed by atoms with Gasteiger partial charge in [-0.2, -0.15) is 0 Å². The molecule has 0 aliphatic rings. The average molecular weight is 259 g/mol. The molecule has 0 fully saturated rings. The predicted octanol–water partition coefficient (Wildman–Crippen LogP) is -0.706. The van der Waals surface area contributed by atoms with E-state index in [4.69, 9.17) is 41.1 Å². The van der Waals surface area contributed by atoms with Gasteiger partial charge in [-0.15, -0.1) is 11.6 Å². The molecule has 0 aromatic heterocycles. The molecule has 0 spiro atoms. The minimum atomic E-state index is -1.56. The fourth-order valence-electron chi connectivity index (χ4n) is 1.03. The Labute approximate surface area is 99.7 Å². The number of halogens is 1. The van der Waals surface area contributed by atoms with Crippen LogP contribution in [-0.2, 0) is 14.2 Å². The van der Waals surface area contributed by atoms with Crippen molar-refractivity contribution >= 4 is 11.6 Å². The number of alkyl halides is 1. The van der Waals surface area contributed by atoms with E-state index >= 15 is 0 Å². The normalized spacial score (nSPS) is 14.1. The highest BCUT2D eigenvalue weighted by atomic mass is 35.5. The highest BCUT2D eigenvalue weighted by molar-refractivity contribution is 6.20. The Kier molecular flexibility index (Phi) is 9.15. The molecule has 0 saturated heterocycles. The van der Waals surface area contributed by atoms with Gasteiger partial charge in [-0.05, 0) is 6.92 Å². The number of hydrogen-bond acceptors (Lipinski definition) is 6. The van der Waals surface area contributed by atoms with Crippen LogP contribution in [0, 0.1) is 0 Å². The van der Waals surface area contributed by atoms with Crippen LogP contribution in [0.4, 0.5) is 0 Å². The Morgan fingerprint density at radius 2 is 1.25 bits per heavy atom. The molecule has 6 nitrogen and oxygen atoms in total. The van der Waals surface area contributed by atoms with Crippen molar-refractivity contribution in [2.24, 2.45) is 0 Å². The van der Waals surface area contributed by atoms with E-state index in [2.05, 4.69) is 0 Å². The Hall–Kier alpha value is 0.0500. The van der Waals surface area contributed by atoms with Crippen LogP contribution in [0.3, 0.4) is 0 Å². The Morgan fingerprint density at radius 1 is 0.938 bits per heavy atom. The van der Waals surface area contributed by atoms with E-state index in [1.807, 2.05) is 0 Å². The van der Waals surface area contributed by atoms with Gasteiger partial charge in [0.25, 0.3) is 5.97 Å². The van der Waals surface area contributed by atoms with Crippen LogP contribution in [0.1, 0.15) is 6.92 Å². The third kappa shape index (κ3) is 5.40. The Balaban J connectivity index is 4.46. The summed E-state index contributed by atoms with van der Waals surface area (Å²) in [5.41, 5.74) is 0. The molecular weight excluding hydrogens is 240 g/mol. The molecule has 0 radical (unpaired) electrons. The maximum atomic E-state index is 8.68. The smallest absolute Gasteiger partial charge is 0.300 e. The number of aliphatic hydroxyl groups excluding tert-OH is 3. The van der Waals surface area contributed by atoms with Gasteiger partial charge in [0.2, 0.25) is 0 Å². The molecule has 0 bridgehead atoms. The molecule has 0 saturated carbocycles. The van der Waals surface area contributed by atoms with Gasteiger partial charge < -0.3 is 29.5 Å². The maximum absolute atomic E-state index is 8.68. The highest BCUT2D eigenvalue weighted by Crippen LogP contribution is 2.24. The monoisotopic (exact) mass is 258 g/mol. The first-order valence-electron chi connectivity index (χ1n) is 5.01.